The largest absolute Gasteiger partial charge is 0.492 e. The van der Waals surface area contributed by atoms with Crippen molar-refractivity contribution >= 4 is 34.9 Å². The van der Waals surface area contributed by atoms with Crippen molar-refractivity contribution in [3.8, 4) is 11.4 Å². The zero-order chi connectivity index (χ0) is 23.4. The monoisotopic (exact) mass is 488 g/mol. The number of carbonyl (C=O) groups is 1. The second kappa shape index (κ2) is 10.3. The number of aromatic nitrogens is 3. The molecule has 0 saturated carbocycles. The smallest absolute Gasteiger partial charge is 0.317 e. The first-order valence-corrected chi connectivity index (χ1v) is 11.6. The number of nitrogens with one attached hydrogen (secondary N) is 1. The van der Waals surface area contributed by atoms with Gasteiger partial charge in [-0.3, -0.25) is 0 Å². The van der Waals surface area contributed by atoms with E-state index in [-0.39, 0.29) is 6.03 Å². The Bertz CT molecular complexity index is 1130. The predicted molar refractivity (Wildman–Crippen MR) is 130 cm³/mol. The van der Waals surface area contributed by atoms with Crippen LogP contribution >= 0.6 is 23.2 Å². The minimum absolute atomic E-state index is 0.0902. The summed E-state index contributed by atoms with van der Waals surface area (Å²) >= 11 is 12.0. The van der Waals surface area contributed by atoms with Crippen molar-refractivity contribution in [3.63, 3.8) is 0 Å². The molecule has 1 fully saturated rings. The Morgan fingerprint density at radius 1 is 1.09 bits per heavy atom. The number of rotatable bonds is 6. The Hall–Kier alpha value is -2.97. The average molecular weight is 489 g/mol. The molecule has 4 rings (SSSR count). The molecule has 3 aromatic rings. The van der Waals surface area contributed by atoms with E-state index in [2.05, 4.69) is 26.4 Å². The molecule has 1 aliphatic rings. The highest BCUT2D eigenvalue weighted by Gasteiger charge is 2.22. The molecule has 1 aromatic heterocycles. The average Bonchev–Trinajstić information content (AvgIpc) is 3.26. The number of anilines is 1. The highest BCUT2D eigenvalue weighted by Crippen LogP contribution is 2.29. The minimum atomic E-state index is -0.0902. The van der Waals surface area contributed by atoms with E-state index in [1.54, 1.807) is 23.1 Å². The van der Waals surface area contributed by atoms with Crippen LogP contribution in [0.15, 0.2) is 42.7 Å². The van der Waals surface area contributed by atoms with Crippen LogP contribution in [-0.4, -0.2) is 58.5 Å². The molecular weight excluding hydrogens is 463 g/mol. The van der Waals surface area contributed by atoms with Crippen LogP contribution in [0.1, 0.15) is 18.3 Å². The molecule has 0 radical (unpaired) electrons. The van der Waals surface area contributed by atoms with Crippen LogP contribution in [0.2, 0.25) is 10.0 Å². The molecule has 2 aromatic carbocycles. The summed E-state index contributed by atoms with van der Waals surface area (Å²) in [6, 6.07) is 11.3. The summed E-state index contributed by atoms with van der Waals surface area (Å²) in [6.45, 7) is 7.47. The Labute approximate surface area is 203 Å². The van der Waals surface area contributed by atoms with Gasteiger partial charge in [0.15, 0.2) is 0 Å². The third kappa shape index (κ3) is 5.51. The van der Waals surface area contributed by atoms with Gasteiger partial charge in [-0.2, -0.15) is 5.10 Å². The SMILES string of the molecule is CCOc1cc(N2CCN(C(=O)NCc3ccc(Cl)c(Cl)c3)CC2)ccc1-n1cnc(C)n1. The second-order valence-electron chi connectivity index (χ2n) is 7.70. The molecule has 2 heterocycles. The van der Waals surface area contributed by atoms with Crippen molar-refractivity contribution in [2.24, 2.45) is 0 Å². The molecular formula is C23H26Cl2N6O2. The highest BCUT2D eigenvalue weighted by atomic mass is 35.5. The van der Waals surface area contributed by atoms with Crippen molar-refractivity contribution in [2.75, 3.05) is 37.7 Å². The zero-order valence-electron chi connectivity index (χ0n) is 18.6. The van der Waals surface area contributed by atoms with E-state index in [4.69, 9.17) is 27.9 Å². The molecule has 1 saturated heterocycles. The first kappa shape index (κ1) is 23.2. The van der Waals surface area contributed by atoms with Crippen molar-refractivity contribution in [3.05, 3.63) is 64.2 Å². The number of halogens is 2. The molecule has 10 heteroatoms. The quantitative estimate of drug-likeness (QED) is 0.559. The third-order valence-electron chi connectivity index (χ3n) is 5.46. The number of benzene rings is 2. The predicted octanol–water partition coefficient (Wildman–Crippen LogP) is 4.31. The van der Waals surface area contributed by atoms with Gasteiger partial charge >= 0.3 is 6.03 Å². The normalized spacial score (nSPS) is 13.8. The Balaban J connectivity index is 1.36. The maximum atomic E-state index is 12.6. The van der Waals surface area contributed by atoms with E-state index in [1.165, 1.54) is 0 Å². The minimum Gasteiger partial charge on any atom is -0.492 e. The van der Waals surface area contributed by atoms with E-state index in [9.17, 15) is 4.79 Å². The molecule has 2 amide bonds. The van der Waals surface area contributed by atoms with Crippen LogP contribution < -0.4 is 15.0 Å². The molecule has 8 nitrogen and oxygen atoms in total. The lowest BCUT2D eigenvalue weighted by Gasteiger charge is -2.36. The Morgan fingerprint density at radius 2 is 1.88 bits per heavy atom. The molecule has 0 aliphatic carbocycles. The number of hydrogen-bond donors (Lipinski definition) is 1. The zero-order valence-corrected chi connectivity index (χ0v) is 20.1. The van der Waals surface area contributed by atoms with E-state index >= 15 is 0 Å². The van der Waals surface area contributed by atoms with Gasteiger partial charge < -0.3 is 19.9 Å². The summed E-state index contributed by atoms with van der Waals surface area (Å²) < 4.78 is 7.60. The number of ether oxygens (including phenoxy) is 1. The summed E-state index contributed by atoms with van der Waals surface area (Å²) in [4.78, 5) is 20.9. The summed E-state index contributed by atoms with van der Waals surface area (Å²) in [5.74, 6) is 1.46. The summed E-state index contributed by atoms with van der Waals surface area (Å²) in [5, 5.41) is 8.33. The van der Waals surface area contributed by atoms with Gasteiger partial charge in [-0.25, -0.2) is 14.5 Å². The molecule has 0 spiro atoms. The number of urea groups is 1. The molecule has 0 atom stereocenters. The Kier molecular flexibility index (Phi) is 7.25. The van der Waals surface area contributed by atoms with E-state index in [0.717, 1.165) is 35.8 Å². The Morgan fingerprint density at radius 3 is 2.55 bits per heavy atom. The van der Waals surface area contributed by atoms with Crippen molar-refractivity contribution in [1.82, 2.24) is 25.0 Å². The van der Waals surface area contributed by atoms with Crippen molar-refractivity contribution < 1.29 is 9.53 Å². The van der Waals surface area contributed by atoms with E-state index in [0.29, 0.717) is 42.1 Å². The van der Waals surface area contributed by atoms with Crippen molar-refractivity contribution in [2.45, 2.75) is 20.4 Å². The van der Waals surface area contributed by atoms with Gasteiger partial charge in [0.1, 0.15) is 23.6 Å². The summed E-state index contributed by atoms with van der Waals surface area (Å²) in [5.41, 5.74) is 2.80. The first-order valence-electron chi connectivity index (χ1n) is 10.8. The van der Waals surface area contributed by atoms with Gasteiger partial charge in [-0.1, -0.05) is 29.3 Å². The summed E-state index contributed by atoms with van der Waals surface area (Å²) in [6.07, 6.45) is 1.68. The van der Waals surface area contributed by atoms with Gasteiger partial charge in [0, 0.05) is 44.5 Å². The standard InChI is InChI=1S/C23H26Cl2N6O2/c1-3-33-22-13-18(5-7-21(22)31-15-27-16(2)28-31)29-8-10-30(11-9-29)23(32)26-14-17-4-6-19(24)20(25)12-17/h4-7,12-13,15H,3,8-11,14H2,1-2H3,(H,26,32). The molecule has 1 aliphatic heterocycles. The number of piperazine rings is 1. The van der Waals surface area contributed by atoms with Crippen LogP contribution in [0.5, 0.6) is 5.75 Å². The van der Waals surface area contributed by atoms with Crippen molar-refractivity contribution in [1.29, 1.82) is 0 Å². The topological polar surface area (TPSA) is 75.5 Å². The van der Waals surface area contributed by atoms with Crippen LogP contribution in [0, 0.1) is 6.92 Å². The lowest BCUT2D eigenvalue weighted by molar-refractivity contribution is 0.194. The number of hydrogen-bond acceptors (Lipinski definition) is 5. The second-order valence-corrected chi connectivity index (χ2v) is 8.52. The van der Waals surface area contributed by atoms with E-state index < -0.39 is 0 Å². The molecule has 1 N–H and O–H groups in total. The lowest BCUT2D eigenvalue weighted by atomic mass is 10.2. The highest BCUT2D eigenvalue weighted by molar-refractivity contribution is 6.42. The van der Waals surface area contributed by atoms with Crippen LogP contribution in [0.3, 0.4) is 0 Å². The van der Waals surface area contributed by atoms with Gasteiger partial charge in [-0.15, -0.1) is 0 Å². The third-order valence-corrected chi connectivity index (χ3v) is 6.20. The fourth-order valence-corrected chi connectivity index (χ4v) is 4.05. The first-order chi connectivity index (χ1) is 15.9. The van der Waals surface area contributed by atoms with Gasteiger partial charge in [0.05, 0.1) is 16.7 Å². The number of carbonyl (C=O) groups excluding carboxylic acids is 1. The van der Waals surface area contributed by atoms with Crippen LogP contribution in [0.4, 0.5) is 10.5 Å². The maximum absolute atomic E-state index is 12.6. The summed E-state index contributed by atoms with van der Waals surface area (Å²) in [7, 11) is 0. The maximum Gasteiger partial charge on any atom is 0.317 e. The lowest BCUT2D eigenvalue weighted by Crippen LogP contribution is -2.51. The number of nitrogens with zero attached hydrogens (tertiary/aromatic N) is 5. The molecule has 174 valence electrons. The van der Waals surface area contributed by atoms with Gasteiger partial charge in [-0.05, 0) is 43.7 Å². The number of aryl methyl sites for hydroxylation is 1. The fourth-order valence-electron chi connectivity index (χ4n) is 3.73. The molecule has 0 bridgehead atoms. The molecule has 0 unspecified atom stereocenters. The van der Waals surface area contributed by atoms with Gasteiger partial charge in [0.25, 0.3) is 0 Å². The fraction of sp³-hybridized carbons (Fsp3) is 0.348. The number of amides is 2. The van der Waals surface area contributed by atoms with Crippen LogP contribution in [-0.2, 0) is 6.54 Å². The van der Waals surface area contributed by atoms with Crippen LogP contribution in [0.25, 0.3) is 5.69 Å². The van der Waals surface area contributed by atoms with Gasteiger partial charge in [0.2, 0.25) is 0 Å². The molecule has 33 heavy (non-hydrogen) atoms. The van der Waals surface area contributed by atoms with E-state index in [1.807, 2.05) is 36.9 Å².